The zero-order chi connectivity index (χ0) is 15.5. The number of halogens is 1. The molecule has 1 N–H and O–H groups in total. The monoisotopic (exact) mass is 377 g/mol. The van der Waals surface area contributed by atoms with Gasteiger partial charge in [-0.3, -0.25) is 9.20 Å². The van der Waals surface area contributed by atoms with Gasteiger partial charge in [-0.15, -0.1) is 11.3 Å². The van der Waals surface area contributed by atoms with Crippen LogP contribution in [-0.2, 0) is 17.6 Å². The second-order valence-corrected chi connectivity index (χ2v) is 7.09. The molecule has 6 heteroatoms. The Morgan fingerprint density at radius 3 is 2.91 bits per heavy atom. The molecule has 0 radical (unpaired) electrons. The van der Waals surface area contributed by atoms with Gasteiger partial charge >= 0.3 is 0 Å². The number of rotatable bonds is 5. The van der Waals surface area contributed by atoms with Crippen LogP contribution in [0.3, 0.4) is 0 Å². The van der Waals surface area contributed by atoms with E-state index in [0.717, 1.165) is 21.5 Å². The average molecular weight is 378 g/mol. The first kappa shape index (κ1) is 15.2. The van der Waals surface area contributed by atoms with Gasteiger partial charge < -0.3 is 5.32 Å². The third-order valence-corrected chi connectivity index (χ3v) is 4.65. The maximum absolute atomic E-state index is 12.1. The molecule has 0 fully saturated rings. The zero-order valence-electron chi connectivity index (χ0n) is 12.1. The summed E-state index contributed by atoms with van der Waals surface area (Å²) in [4.78, 5) is 17.5. The van der Waals surface area contributed by atoms with E-state index in [1.54, 1.807) is 11.3 Å². The number of carbonyl (C=O) groups is 1. The lowest BCUT2D eigenvalue weighted by Gasteiger charge is -2.13. The lowest BCUT2D eigenvalue weighted by atomic mass is 10.1. The van der Waals surface area contributed by atoms with Crippen molar-refractivity contribution in [1.29, 1.82) is 0 Å². The molecule has 0 aliphatic carbocycles. The number of nitrogens with one attached hydrogen (secondary N) is 1. The molecule has 4 nitrogen and oxygen atoms in total. The first-order valence-corrected chi connectivity index (χ1v) is 8.72. The Balaban J connectivity index is 1.54. The standard InChI is InChI=1S/C16H16BrN3OS/c1-11(8-12-2-4-13(17)5-3-12)18-15(21)9-14-10-20-6-7-22-16(20)19-14/h2-7,10-11H,8-9H2,1H3,(H,18,21). The van der Waals surface area contributed by atoms with Crippen molar-refractivity contribution in [2.24, 2.45) is 0 Å². The Labute approximate surface area is 141 Å². The van der Waals surface area contributed by atoms with Gasteiger partial charge in [0.25, 0.3) is 0 Å². The van der Waals surface area contributed by atoms with Crippen LogP contribution in [0.25, 0.3) is 4.96 Å². The molecule has 0 spiro atoms. The van der Waals surface area contributed by atoms with E-state index in [0.29, 0.717) is 6.42 Å². The molecule has 2 aromatic heterocycles. The predicted octanol–water partition coefficient (Wildman–Crippen LogP) is 3.45. The van der Waals surface area contributed by atoms with Gasteiger partial charge in [-0.25, -0.2) is 4.98 Å². The van der Waals surface area contributed by atoms with E-state index in [2.05, 4.69) is 38.4 Å². The zero-order valence-corrected chi connectivity index (χ0v) is 14.5. The molecule has 1 unspecified atom stereocenters. The van der Waals surface area contributed by atoms with Gasteiger partial charge in [0.15, 0.2) is 4.96 Å². The second-order valence-electron chi connectivity index (χ2n) is 5.30. The summed E-state index contributed by atoms with van der Waals surface area (Å²) in [6.45, 7) is 2.02. The fraction of sp³-hybridized carbons (Fsp3) is 0.250. The van der Waals surface area contributed by atoms with Gasteiger partial charge in [0.2, 0.25) is 5.91 Å². The Morgan fingerprint density at radius 2 is 2.18 bits per heavy atom. The van der Waals surface area contributed by atoms with Crippen molar-refractivity contribution in [1.82, 2.24) is 14.7 Å². The highest BCUT2D eigenvalue weighted by Crippen LogP contribution is 2.13. The summed E-state index contributed by atoms with van der Waals surface area (Å²) in [5.41, 5.74) is 2.01. The van der Waals surface area contributed by atoms with Crippen molar-refractivity contribution in [2.45, 2.75) is 25.8 Å². The number of hydrogen-bond donors (Lipinski definition) is 1. The van der Waals surface area contributed by atoms with Gasteiger partial charge in [-0.05, 0) is 31.0 Å². The molecule has 0 saturated heterocycles. The fourth-order valence-corrected chi connectivity index (χ4v) is 3.36. The molecule has 1 amide bonds. The van der Waals surface area contributed by atoms with Crippen LogP contribution in [-0.4, -0.2) is 21.3 Å². The highest BCUT2D eigenvalue weighted by Gasteiger charge is 2.11. The largest absolute Gasteiger partial charge is 0.353 e. The van der Waals surface area contributed by atoms with E-state index in [1.807, 2.05) is 41.2 Å². The van der Waals surface area contributed by atoms with Crippen LogP contribution in [0.1, 0.15) is 18.2 Å². The van der Waals surface area contributed by atoms with Crippen LogP contribution in [0, 0.1) is 0 Å². The average Bonchev–Trinajstić information content (AvgIpc) is 3.02. The summed E-state index contributed by atoms with van der Waals surface area (Å²) in [7, 11) is 0. The van der Waals surface area contributed by atoms with Crippen LogP contribution in [0.4, 0.5) is 0 Å². The quantitative estimate of drug-likeness (QED) is 0.739. The molecular formula is C16H16BrN3OS. The number of amides is 1. The molecule has 2 heterocycles. The van der Waals surface area contributed by atoms with Crippen molar-refractivity contribution in [3.8, 4) is 0 Å². The summed E-state index contributed by atoms with van der Waals surface area (Å²) >= 11 is 4.99. The third-order valence-electron chi connectivity index (χ3n) is 3.35. The molecule has 1 aromatic carbocycles. The predicted molar refractivity (Wildman–Crippen MR) is 92.2 cm³/mol. The Bertz CT molecular complexity index is 750. The lowest BCUT2D eigenvalue weighted by molar-refractivity contribution is -0.121. The molecule has 0 aliphatic rings. The summed E-state index contributed by atoms with van der Waals surface area (Å²) in [5, 5.41) is 5.01. The maximum Gasteiger partial charge on any atom is 0.226 e. The van der Waals surface area contributed by atoms with Gasteiger partial charge in [0.1, 0.15) is 0 Å². The van der Waals surface area contributed by atoms with Crippen molar-refractivity contribution >= 4 is 38.1 Å². The Hall–Kier alpha value is -1.66. The molecule has 114 valence electrons. The molecule has 3 aromatic rings. The topological polar surface area (TPSA) is 46.4 Å². The number of fused-ring (bicyclic) bond motifs is 1. The number of carbonyl (C=O) groups excluding carboxylic acids is 1. The smallest absolute Gasteiger partial charge is 0.226 e. The van der Waals surface area contributed by atoms with Crippen LogP contribution in [0.5, 0.6) is 0 Å². The number of thiazole rings is 1. The van der Waals surface area contributed by atoms with Crippen molar-refractivity contribution in [3.63, 3.8) is 0 Å². The number of benzene rings is 1. The Morgan fingerprint density at radius 1 is 1.41 bits per heavy atom. The van der Waals surface area contributed by atoms with E-state index in [9.17, 15) is 4.79 Å². The number of aromatic nitrogens is 2. The molecule has 1 atom stereocenters. The van der Waals surface area contributed by atoms with E-state index >= 15 is 0 Å². The third kappa shape index (κ3) is 3.75. The minimum absolute atomic E-state index is 0.00960. The number of imidazole rings is 1. The molecule has 0 aliphatic heterocycles. The van der Waals surface area contributed by atoms with E-state index in [4.69, 9.17) is 0 Å². The molecule has 0 bridgehead atoms. The summed E-state index contributed by atoms with van der Waals surface area (Å²) < 4.78 is 3.01. The van der Waals surface area contributed by atoms with Gasteiger partial charge in [0.05, 0.1) is 12.1 Å². The van der Waals surface area contributed by atoms with Gasteiger partial charge in [-0.1, -0.05) is 28.1 Å². The SMILES string of the molecule is CC(Cc1ccc(Br)cc1)NC(=O)Cc1cn2ccsc2n1. The van der Waals surface area contributed by atoms with E-state index in [1.165, 1.54) is 5.56 Å². The second kappa shape index (κ2) is 6.62. The van der Waals surface area contributed by atoms with Gasteiger partial charge in [0, 0.05) is 28.3 Å². The first-order chi connectivity index (χ1) is 10.6. The molecular weight excluding hydrogens is 362 g/mol. The normalized spacial score (nSPS) is 12.5. The molecule has 3 rings (SSSR count). The first-order valence-electron chi connectivity index (χ1n) is 7.05. The minimum atomic E-state index is 0.00960. The minimum Gasteiger partial charge on any atom is -0.353 e. The van der Waals surface area contributed by atoms with Crippen LogP contribution < -0.4 is 5.32 Å². The van der Waals surface area contributed by atoms with E-state index < -0.39 is 0 Å². The highest BCUT2D eigenvalue weighted by molar-refractivity contribution is 9.10. The maximum atomic E-state index is 12.1. The summed E-state index contributed by atoms with van der Waals surface area (Å²) in [5.74, 6) is 0.00960. The summed E-state index contributed by atoms with van der Waals surface area (Å²) in [6.07, 6.45) is 4.99. The lowest BCUT2D eigenvalue weighted by Crippen LogP contribution is -2.35. The van der Waals surface area contributed by atoms with Crippen molar-refractivity contribution in [2.75, 3.05) is 0 Å². The van der Waals surface area contributed by atoms with Gasteiger partial charge in [-0.2, -0.15) is 0 Å². The highest BCUT2D eigenvalue weighted by atomic mass is 79.9. The number of hydrogen-bond acceptors (Lipinski definition) is 3. The fourth-order valence-electron chi connectivity index (χ4n) is 2.38. The van der Waals surface area contributed by atoms with Crippen molar-refractivity contribution < 1.29 is 4.79 Å². The summed E-state index contributed by atoms with van der Waals surface area (Å²) in [6, 6.07) is 8.26. The van der Waals surface area contributed by atoms with Crippen LogP contribution >= 0.6 is 27.3 Å². The van der Waals surface area contributed by atoms with Crippen LogP contribution in [0.15, 0.2) is 46.5 Å². The Kier molecular flexibility index (Phi) is 4.59. The van der Waals surface area contributed by atoms with Crippen molar-refractivity contribution in [3.05, 3.63) is 57.8 Å². The van der Waals surface area contributed by atoms with Crippen LogP contribution in [0.2, 0.25) is 0 Å². The molecule has 22 heavy (non-hydrogen) atoms. The molecule has 0 saturated carbocycles. The number of nitrogens with zero attached hydrogens (tertiary/aromatic N) is 2. The van der Waals surface area contributed by atoms with E-state index in [-0.39, 0.29) is 11.9 Å².